The zero-order valence-corrected chi connectivity index (χ0v) is 11.4. The molecule has 0 fully saturated rings. The average Bonchev–Trinajstić information content (AvgIpc) is 2.94. The van der Waals surface area contributed by atoms with Crippen LogP contribution in [0.25, 0.3) is 0 Å². The number of H-pyrrole nitrogens is 1. The van der Waals surface area contributed by atoms with Crippen molar-refractivity contribution in [3.05, 3.63) is 33.0 Å². The van der Waals surface area contributed by atoms with Crippen LogP contribution < -0.4 is 22.3 Å². The standard InChI is InChI=1S/C11H17N7O2/c1-3-4-18-9(12)8(10(19)17(2)11(18)20)13-5-7-14-6-15-16-7/h6,13H,3-5,12H2,1-2H3,(H,14,15,16). The lowest BCUT2D eigenvalue weighted by molar-refractivity contribution is 0.600. The number of aromatic nitrogens is 5. The molecule has 9 nitrogen and oxygen atoms in total. The maximum absolute atomic E-state index is 12.1. The highest BCUT2D eigenvalue weighted by atomic mass is 16.2. The maximum atomic E-state index is 12.1. The molecule has 0 bridgehead atoms. The van der Waals surface area contributed by atoms with Crippen molar-refractivity contribution in [2.24, 2.45) is 7.05 Å². The zero-order chi connectivity index (χ0) is 14.7. The Balaban J connectivity index is 2.41. The minimum Gasteiger partial charge on any atom is -0.383 e. The van der Waals surface area contributed by atoms with E-state index in [2.05, 4.69) is 20.5 Å². The van der Waals surface area contributed by atoms with Crippen LogP contribution in [0.4, 0.5) is 11.5 Å². The molecule has 108 valence electrons. The van der Waals surface area contributed by atoms with Crippen LogP contribution in [0.2, 0.25) is 0 Å². The van der Waals surface area contributed by atoms with Gasteiger partial charge in [0, 0.05) is 13.6 Å². The molecule has 0 spiro atoms. The first-order valence-electron chi connectivity index (χ1n) is 6.23. The molecule has 9 heteroatoms. The van der Waals surface area contributed by atoms with Gasteiger partial charge in [-0.3, -0.25) is 19.0 Å². The summed E-state index contributed by atoms with van der Waals surface area (Å²) in [5.74, 6) is 0.708. The van der Waals surface area contributed by atoms with Crippen LogP contribution in [0.15, 0.2) is 15.9 Å². The van der Waals surface area contributed by atoms with Crippen LogP contribution in [0.3, 0.4) is 0 Å². The number of hydrogen-bond acceptors (Lipinski definition) is 6. The molecular weight excluding hydrogens is 262 g/mol. The molecule has 0 aliphatic rings. The summed E-state index contributed by atoms with van der Waals surface area (Å²) in [7, 11) is 1.43. The quantitative estimate of drug-likeness (QED) is 0.663. The Morgan fingerprint density at radius 3 is 2.80 bits per heavy atom. The second-order valence-electron chi connectivity index (χ2n) is 4.34. The Labute approximate surface area is 114 Å². The lowest BCUT2D eigenvalue weighted by Gasteiger charge is -2.15. The topological polar surface area (TPSA) is 124 Å². The Kier molecular flexibility index (Phi) is 3.87. The van der Waals surface area contributed by atoms with E-state index in [1.165, 1.54) is 17.9 Å². The predicted molar refractivity (Wildman–Crippen MR) is 74.4 cm³/mol. The van der Waals surface area contributed by atoms with E-state index in [0.717, 1.165) is 11.0 Å². The summed E-state index contributed by atoms with van der Waals surface area (Å²) in [4.78, 5) is 28.0. The molecule has 0 aliphatic heterocycles. The van der Waals surface area contributed by atoms with Gasteiger partial charge in [0.15, 0.2) is 0 Å². The van der Waals surface area contributed by atoms with Gasteiger partial charge in [-0.1, -0.05) is 6.92 Å². The fraction of sp³-hybridized carbons (Fsp3) is 0.455. The second-order valence-corrected chi connectivity index (χ2v) is 4.34. The Hall–Kier alpha value is -2.58. The number of aromatic amines is 1. The third-order valence-electron chi connectivity index (χ3n) is 2.93. The lowest BCUT2D eigenvalue weighted by atomic mass is 10.4. The first-order chi connectivity index (χ1) is 9.56. The van der Waals surface area contributed by atoms with Gasteiger partial charge in [0.2, 0.25) is 0 Å². The van der Waals surface area contributed by atoms with Crippen molar-refractivity contribution in [2.45, 2.75) is 26.4 Å². The molecule has 2 aromatic rings. The molecule has 0 saturated carbocycles. The highest BCUT2D eigenvalue weighted by molar-refractivity contribution is 5.60. The maximum Gasteiger partial charge on any atom is 0.332 e. The van der Waals surface area contributed by atoms with E-state index in [-0.39, 0.29) is 18.1 Å². The average molecular weight is 279 g/mol. The predicted octanol–water partition coefficient (Wildman–Crippen LogP) is -0.731. The minimum absolute atomic E-state index is 0.138. The van der Waals surface area contributed by atoms with Gasteiger partial charge in [-0.25, -0.2) is 9.78 Å². The Bertz CT molecular complexity index is 699. The third-order valence-corrected chi connectivity index (χ3v) is 2.93. The van der Waals surface area contributed by atoms with Gasteiger partial charge < -0.3 is 11.1 Å². The van der Waals surface area contributed by atoms with E-state index in [1.54, 1.807) is 0 Å². The van der Waals surface area contributed by atoms with Gasteiger partial charge in [0.25, 0.3) is 5.56 Å². The first-order valence-corrected chi connectivity index (χ1v) is 6.23. The number of nitrogens with one attached hydrogen (secondary N) is 2. The van der Waals surface area contributed by atoms with E-state index in [1.807, 2.05) is 6.92 Å². The van der Waals surface area contributed by atoms with Crippen molar-refractivity contribution >= 4 is 11.5 Å². The van der Waals surface area contributed by atoms with Crippen molar-refractivity contribution in [1.82, 2.24) is 24.3 Å². The van der Waals surface area contributed by atoms with E-state index >= 15 is 0 Å². The number of hydrogen-bond donors (Lipinski definition) is 3. The van der Waals surface area contributed by atoms with Crippen LogP contribution in [-0.2, 0) is 20.1 Å². The molecule has 20 heavy (non-hydrogen) atoms. The third kappa shape index (κ3) is 2.42. The molecule has 0 aliphatic carbocycles. The minimum atomic E-state index is -0.459. The summed E-state index contributed by atoms with van der Waals surface area (Å²) in [5.41, 5.74) is 5.24. The fourth-order valence-corrected chi connectivity index (χ4v) is 1.88. The normalized spacial score (nSPS) is 10.7. The van der Waals surface area contributed by atoms with Crippen molar-refractivity contribution in [3.63, 3.8) is 0 Å². The number of anilines is 2. The van der Waals surface area contributed by atoms with Crippen molar-refractivity contribution < 1.29 is 0 Å². The molecule has 0 radical (unpaired) electrons. The van der Waals surface area contributed by atoms with Crippen molar-refractivity contribution in [2.75, 3.05) is 11.1 Å². The lowest BCUT2D eigenvalue weighted by Crippen LogP contribution is -2.40. The van der Waals surface area contributed by atoms with Gasteiger partial charge in [-0.2, -0.15) is 5.10 Å². The summed E-state index contributed by atoms with van der Waals surface area (Å²) in [5, 5.41) is 9.28. The molecule has 0 saturated heterocycles. The fourth-order valence-electron chi connectivity index (χ4n) is 1.88. The second kappa shape index (κ2) is 5.59. The molecule has 0 amide bonds. The zero-order valence-electron chi connectivity index (χ0n) is 11.4. The van der Waals surface area contributed by atoms with Crippen LogP contribution in [0.5, 0.6) is 0 Å². The van der Waals surface area contributed by atoms with Crippen LogP contribution in [-0.4, -0.2) is 24.3 Å². The largest absolute Gasteiger partial charge is 0.383 e. The van der Waals surface area contributed by atoms with E-state index in [4.69, 9.17) is 5.73 Å². The molecule has 2 heterocycles. The van der Waals surface area contributed by atoms with Crippen LogP contribution in [0, 0.1) is 0 Å². The summed E-state index contributed by atoms with van der Waals surface area (Å²) in [6, 6.07) is 0. The van der Waals surface area contributed by atoms with Gasteiger partial charge in [-0.05, 0) is 6.42 Å². The summed E-state index contributed by atoms with van der Waals surface area (Å²) >= 11 is 0. The SMILES string of the molecule is CCCn1c(N)c(NCc2ncn[nH]2)c(=O)n(C)c1=O. The summed E-state index contributed by atoms with van der Waals surface area (Å²) < 4.78 is 2.42. The molecule has 0 atom stereocenters. The van der Waals surface area contributed by atoms with Crippen LogP contribution >= 0.6 is 0 Å². The molecule has 2 rings (SSSR count). The smallest absolute Gasteiger partial charge is 0.332 e. The van der Waals surface area contributed by atoms with Gasteiger partial charge in [0.05, 0.1) is 6.54 Å². The number of nitrogens with zero attached hydrogens (tertiary/aromatic N) is 4. The molecule has 4 N–H and O–H groups in total. The van der Waals surface area contributed by atoms with Gasteiger partial charge >= 0.3 is 5.69 Å². The van der Waals surface area contributed by atoms with Gasteiger partial charge in [-0.15, -0.1) is 0 Å². The van der Waals surface area contributed by atoms with E-state index in [9.17, 15) is 9.59 Å². The number of nitrogens with two attached hydrogens (primary N) is 1. The van der Waals surface area contributed by atoms with E-state index < -0.39 is 11.2 Å². The highest BCUT2D eigenvalue weighted by Gasteiger charge is 2.14. The number of nitrogen functional groups attached to an aromatic ring is 1. The first kappa shape index (κ1) is 13.8. The molecule has 2 aromatic heterocycles. The van der Waals surface area contributed by atoms with Crippen LogP contribution in [0.1, 0.15) is 19.2 Å². The number of rotatable bonds is 5. The summed E-state index contributed by atoms with van der Waals surface area (Å²) in [6.07, 6.45) is 2.11. The summed E-state index contributed by atoms with van der Waals surface area (Å²) in [6.45, 7) is 2.65. The van der Waals surface area contributed by atoms with Gasteiger partial charge in [0.1, 0.15) is 23.7 Å². The Morgan fingerprint density at radius 2 is 2.20 bits per heavy atom. The highest BCUT2D eigenvalue weighted by Crippen LogP contribution is 2.11. The van der Waals surface area contributed by atoms with E-state index in [0.29, 0.717) is 12.4 Å². The monoisotopic (exact) mass is 279 g/mol. The molecule has 0 unspecified atom stereocenters. The Morgan fingerprint density at radius 1 is 1.45 bits per heavy atom. The van der Waals surface area contributed by atoms with Crippen molar-refractivity contribution in [3.8, 4) is 0 Å². The van der Waals surface area contributed by atoms with Crippen molar-refractivity contribution in [1.29, 1.82) is 0 Å². The molecular formula is C11H17N7O2. The molecule has 0 aromatic carbocycles.